The maximum Gasteiger partial charge on any atom is 0.317 e. The number of hydrogen-bond acceptors (Lipinski definition) is 3. The largest absolute Gasteiger partial charge is 0.334 e. The first-order chi connectivity index (χ1) is 10.1. The lowest BCUT2D eigenvalue weighted by atomic mass is 9.70. The van der Waals surface area contributed by atoms with Gasteiger partial charge < -0.3 is 21.3 Å². The molecule has 1 aromatic carbocycles. The van der Waals surface area contributed by atoms with Crippen LogP contribution in [0.4, 0.5) is 4.79 Å². The summed E-state index contributed by atoms with van der Waals surface area (Å²) in [7, 11) is 0. The molecular formula is C16H22N4O. The van der Waals surface area contributed by atoms with Crippen LogP contribution in [0, 0.1) is 5.92 Å². The third-order valence-electron chi connectivity index (χ3n) is 5.33. The number of nitrogens with two attached hydrogens (primary N) is 1. The Morgan fingerprint density at radius 1 is 1.43 bits per heavy atom. The zero-order valence-corrected chi connectivity index (χ0v) is 12.2. The van der Waals surface area contributed by atoms with Gasteiger partial charge in [-0.15, -0.1) is 0 Å². The van der Waals surface area contributed by atoms with Crippen LogP contribution in [0.1, 0.15) is 29.5 Å². The maximum atomic E-state index is 12.3. The Labute approximate surface area is 124 Å². The smallest absolute Gasteiger partial charge is 0.317 e. The van der Waals surface area contributed by atoms with Gasteiger partial charge in [-0.3, -0.25) is 0 Å². The zero-order chi connectivity index (χ0) is 14.4. The van der Waals surface area contributed by atoms with Gasteiger partial charge in [0.25, 0.3) is 0 Å². The van der Waals surface area contributed by atoms with E-state index in [4.69, 9.17) is 5.73 Å². The quantitative estimate of drug-likeness (QED) is 0.757. The molecule has 5 nitrogen and oxygen atoms in total. The van der Waals surface area contributed by atoms with Gasteiger partial charge in [-0.25, -0.2) is 4.79 Å². The van der Waals surface area contributed by atoms with E-state index in [2.05, 4.69) is 28.8 Å². The van der Waals surface area contributed by atoms with Crippen LogP contribution < -0.4 is 16.4 Å². The molecule has 4 rings (SSSR count). The van der Waals surface area contributed by atoms with Crippen molar-refractivity contribution in [3.63, 3.8) is 0 Å². The SMILES string of the molecule is N[C@]12CC[C@H]1CN(C(=O)NCc1ccc3c(c1)CNC3)C2. The molecule has 1 saturated heterocycles. The minimum Gasteiger partial charge on any atom is -0.334 e. The lowest BCUT2D eigenvalue weighted by Gasteiger charge is -2.39. The summed E-state index contributed by atoms with van der Waals surface area (Å²) in [6.07, 6.45) is 2.22. The Morgan fingerprint density at radius 3 is 3.00 bits per heavy atom. The Hall–Kier alpha value is -1.59. The van der Waals surface area contributed by atoms with E-state index in [1.807, 2.05) is 4.90 Å². The molecule has 0 bridgehead atoms. The molecule has 112 valence electrons. The van der Waals surface area contributed by atoms with Gasteiger partial charge in [-0.05, 0) is 35.4 Å². The van der Waals surface area contributed by atoms with E-state index in [9.17, 15) is 4.79 Å². The van der Waals surface area contributed by atoms with Crippen molar-refractivity contribution in [3.8, 4) is 0 Å². The number of carbonyl (C=O) groups excluding carboxylic acids is 1. The molecule has 0 spiro atoms. The number of carbonyl (C=O) groups is 1. The standard InChI is InChI=1S/C16H22N4O/c17-16-4-3-14(16)9-20(10-16)15(21)19-6-11-1-2-12-7-18-8-13(12)5-11/h1-2,5,14,18H,3-4,6-10,17H2,(H,19,21)/t14-,16-/m0/s1. The summed E-state index contributed by atoms with van der Waals surface area (Å²) in [5.41, 5.74) is 10.1. The van der Waals surface area contributed by atoms with Crippen molar-refractivity contribution in [2.75, 3.05) is 13.1 Å². The lowest BCUT2D eigenvalue weighted by Crippen LogP contribution is -2.55. The highest BCUT2D eigenvalue weighted by atomic mass is 16.2. The van der Waals surface area contributed by atoms with Crippen molar-refractivity contribution in [1.82, 2.24) is 15.5 Å². The van der Waals surface area contributed by atoms with Crippen molar-refractivity contribution in [3.05, 3.63) is 34.9 Å². The third kappa shape index (κ3) is 2.21. The molecule has 1 aromatic rings. The number of fused-ring (bicyclic) bond motifs is 2. The number of likely N-dealkylation sites (tertiary alicyclic amines) is 1. The Morgan fingerprint density at radius 2 is 2.29 bits per heavy atom. The van der Waals surface area contributed by atoms with Crippen molar-refractivity contribution in [2.24, 2.45) is 11.7 Å². The predicted molar refractivity (Wildman–Crippen MR) is 80.4 cm³/mol. The van der Waals surface area contributed by atoms with Crippen molar-refractivity contribution >= 4 is 6.03 Å². The van der Waals surface area contributed by atoms with Gasteiger partial charge in [0.05, 0.1) is 0 Å². The molecule has 5 heteroatoms. The molecule has 4 N–H and O–H groups in total. The first-order valence-electron chi connectivity index (χ1n) is 7.77. The van der Waals surface area contributed by atoms with Crippen molar-refractivity contribution in [1.29, 1.82) is 0 Å². The number of rotatable bonds is 2. The molecule has 2 heterocycles. The Kier molecular flexibility index (Phi) is 2.94. The van der Waals surface area contributed by atoms with Gasteiger partial charge in [0.1, 0.15) is 0 Å². The highest BCUT2D eigenvalue weighted by molar-refractivity contribution is 5.75. The van der Waals surface area contributed by atoms with Crippen LogP contribution in [-0.2, 0) is 19.6 Å². The maximum absolute atomic E-state index is 12.3. The lowest BCUT2D eigenvalue weighted by molar-refractivity contribution is 0.187. The Balaban J connectivity index is 1.35. The second-order valence-corrected chi connectivity index (χ2v) is 6.71. The molecule has 21 heavy (non-hydrogen) atoms. The summed E-state index contributed by atoms with van der Waals surface area (Å²) in [5.74, 6) is 0.509. The minimum absolute atomic E-state index is 0.0212. The molecule has 3 aliphatic rings. The van der Waals surface area contributed by atoms with E-state index in [1.54, 1.807) is 0 Å². The third-order valence-corrected chi connectivity index (χ3v) is 5.33. The average Bonchev–Trinajstić information content (AvgIpc) is 3.02. The molecule has 0 radical (unpaired) electrons. The molecule has 2 atom stereocenters. The summed E-state index contributed by atoms with van der Waals surface area (Å²) in [4.78, 5) is 14.1. The molecule has 0 unspecified atom stereocenters. The first-order valence-corrected chi connectivity index (χ1v) is 7.77. The highest BCUT2D eigenvalue weighted by Gasteiger charge is 2.51. The molecular weight excluding hydrogens is 264 g/mol. The molecule has 2 amide bonds. The molecule has 2 fully saturated rings. The number of nitrogens with one attached hydrogen (secondary N) is 2. The second-order valence-electron chi connectivity index (χ2n) is 6.71. The Bertz CT molecular complexity index is 588. The van der Waals surface area contributed by atoms with E-state index in [-0.39, 0.29) is 11.6 Å². The first kappa shape index (κ1) is 13.1. The number of benzene rings is 1. The van der Waals surface area contributed by atoms with Crippen LogP contribution in [0.15, 0.2) is 18.2 Å². The molecule has 2 aliphatic heterocycles. The monoisotopic (exact) mass is 286 g/mol. The predicted octanol–water partition coefficient (Wildman–Crippen LogP) is 0.922. The summed E-state index contributed by atoms with van der Waals surface area (Å²) in [6.45, 7) is 4.00. The fourth-order valence-electron chi connectivity index (χ4n) is 3.79. The van der Waals surface area contributed by atoms with E-state index in [0.29, 0.717) is 19.0 Å². The van der Waals surface area contributed by atoms with Gasteiger partial charge in [0, 0.05) is 38.3 Å². The fraction of sp³-hybridized carbons (Fsp3) is 0.562. The van der Waals surface area contributed by atoms with Gasteiger partial charge >= 0.3 is 6.03 Å². The average molecular weight is 286 g/mol. The van der Waals surface area contributed by atoms with Crippen LogP contribution in [0.3, 0.4) is 0 Å². The van der Waals surface area contributed by atoms with Gasteiger partial charge in [0.15, 0.2) is 0 Å². The summed E-state index contributed by atoms with van der Waals surface area (Å²) in [5, 5.41) is 6.37. The fourth-order valence-corrected chi connectivity index (χ4v) is 3.79. The van der Waals surface area contributed by atoms with Crippen LogP contribution in [-0.4, -0.2) is 29.6 Å². The van der Waals surface area contributed by atoms with Gasteiger partial charge in [-0.1, -0.05) is 18.2 Å². The second kappa shape index (κ2) is 4.71. The zero-order valence-electron chi connectivity index (χ0n) is 12.2. The summed E-state index contributed by atoms with van der Waals surface area (Å²) < 4.78 is 0. The molecule has 1 aliphatic carbocycles. The van der Waals surface area contributed by atoms with Crippen LogP contribution >= 0.6 is 0 Å². The van der Waals surface area contributed by atoms with Crippen LogP contribution in [0.5, 0.6) is 0 Å². The van der Waals surface area contributed by atoms with E-state index < -0.39 is 0 Å². The summed E-state index contributed by atoms with van der Waals surface area (Å²) in [6, 6.07) is 6.47. The van der Waals surface area contributed by atoms with Crippen molar-refractivity contribution < 1.29 is 4.79 Å². The topological polar surface area (TPSA) is 70.4 Å². The minimum atomic E-state index is -0.101. The number of nitrogens with zero attached hydrogens (tertiary/aromatic N) is 1. The number of hydrogen-bond donors (Lipinski definition) is 3. The van der Waals surface area contributed by atoms with Crippen LogP contribution in [0.2, 0.25) is 0 Å². The van der Waals surface area contributed by atoms with Crippen LogP contribution in [0.25, 0.3) is 0 Å². The molecule has 1 saturated carbocycles. The van der Waals surface area contributed by atoms with E-state index in [1.165, 1.54) is 11.1 Å². The van der Waals surface area contributed by atoms with E-state index in [0.717, 1.165) is 38.0 Å². The molecule has 0 aromatic heterocycles. The summed E-state index contributed by atoms with van der Waals surface area (Å²) >= 11 is 0. The van der Waals surface area contributed by atoms with E-state index >= 15 is 0 Å². The van der Waals surface area contributed by atoms with Gasteiger partial charge in [-0.2, -0.15) is 0 Å². The van der Waals surface area contributed by atoms with Gasteiger partial charge in [0.2, 0.25) is 0 Å². The number of amides is 2. The van der Waals surface area contributed by atoms with Crippen molar-refractivity contribution in [2.45, 2.75) is 38.0 Å². The highest BCUT2D eigenvalue weighted by Crippen LogP contribution is 2.42. The number of urea groups is 1. The normalized spacial score (nSPS) is 29.8.